The van der Waals surface area contributed by atoms with Gasteiger partial charge >= 0.3 is 0 Å². The summed E-state index contributed by atoms with van der Waals surface area (Å²) < 4.78 is 2.27. The van der Waals surface area contributed by atoms with Crippen LogP contribution in [0.25, 0.3) is 49.7 Å². The van der Waals surface area contributed by atoms with E-state index in [1.165, 1.54) is 0 Å². The molecule has 4 heteroatoms. The molecule has 0 bridgehead atoms. The first-order chi connectivity index (χ1) is 17.3. The zero-order chi connectivity index (χ0) is 23.8. The molecular weight excluding hydrogens is 428 g/mol. The van der Waals surface area contributed by atoms with Crippen LogP contribution in [0.15, 0.2) is 109 Å². The van der Waals surface area contributed by atoms with Crippen LogP contribution in [0.3, 0.4) is 0 Å². The molecule has 0 fully saturated rings. The molecule has 0 N–H and O–H groups in total. The summed E-state index contributed by atoms with van der Waals surface area (Å²) in [5.41, 5.74) is 8.35. The lowest BCUT2D eigenvalue weighted by atomic mass is 9.99. The highest BCUT2D eigenvalue weighted by Crippen LogP contribution is 2.39. The number of hydrogen-bond donors (Lipinski definition) is 0. The second kappa shape index (κ2) is 8.30. The number of nitriles is 2. The standard InChI is InChI=1S/C31H18N4/c32-19-21-8-10-22(11-9-21)26-5-3-6-28-27-4-1-2-7-30(27)35(31(26)28)25-13-12-24(20-33)29(18-25)23-14-16-34-17-15-23/h1-18H. The number of nitrogens with zero attached hydrogens (tertiary/aromatic N) is 4. The molecule has 0 radical (unpaired) electrons. The molecule has 6 rings (SSSR count). The van der Waals surface area contributed by atoms with E-state index in [0.29, 0.717) is 11.1 Å². The number of rotatable bonds is 3. The van der Waals surface area contributed by atoms with Gasteiger partial charge in [0.2, 0.25) is 0 Å². The van der Waals surface area contributed by atoms with Crippen LogP contribution in [0.4, 0.5) is 0 Å². The van der Waals surface area contributed by atoms with E-state index in [4.69, 9.17) is 0 Å². The molecule has 0 atom stereocenters. The Labute approximate surface area is 202 Å². The van der Waals surface area contributed by atoms with Gasteiger partial charge in [-0.15, -0.1) is 0 Å². The van der Waals surface area contributed by atoms with Crippen molar-refractivity contribution in [2.24, 2.45) is 0 Å². The predicted octanol–water partition coefficient (Wildman–Crippen LogP) is 7.26. The van der Waals surface area contributed by atoms with E-state index in [1.807, 2.05) is 54.6 Å². The van der Waals surface area contributed by atoms with Crippen molar-refractivity contribution in [2.75, 3.05) is 0 Å². The van der Waals surface area contributed by atoms with Gasteiger partial charge in [0.15, 0.2) is 0 Å². The summed E-state index contributed by atoms with van der Waals surface area (Å²) in [6.45, 7) is 0. The minimum Gasteiger partial charge on any atom is -0.309 e. The van der Waals surface area contributed by atoms with E-state index < -0.39 is 0 Å². The first-order valence-electron chi connectivity index (χ1n) is 11.3. The van der Waals surface area contributed by atoms with Gasteiger partial charge in [-0.1, -0.05) is 48.5 Å². The summed E-state index contributed by atoms with van der Waals surface area (Å²) >= 11 is 0. The van der Waals surface area contributed by atoms with Crippen LogP contribution in [0.5, 0.6) is 0 Å². The van der Waals surface area contributed by atoms with Crippen LogP contribution < -0.4 is 0 Å². The Morgan fingerprint density at radius 2 is 1.37 bits per heavy atom. The van der Waals surface area contributed by atoms with Gasteiger partial charge < -0.3 is 4.57 Å². The number of para-hydroxylation sites is 2. The van der Waals surface area contributed by atoms with Gasteiger partial charge in [0, 0.05) is 40.0 Å². The van der Waals surface area contributed by atoms with Gasteiger partial charge in [0.25, 0.3) is 0 Å². The van der Waals surface area contributed by atoms with Crippen LogP contribution in [-0.2, 0) is 0 Å². The Bertz CT molecular complexity index is 1800. The number of aromatic nitrogens is 2. The minimum absolute atomic E-state index is 0.619. The topological polar surface area (TPSA) is 65.4 Å². The summed E-state index contributed by atoms with van der Waals surface area (Å²) in [6, 6.07) is 36.8. The monoisotopic (exact) mass is 446 g/mol. The van der Waals surface area contributed by atoms with Gasteiger partial charge in [0.05, 0.1) is 34.3 Å². The second-order valence-electron chi connectivity index (χ2n) is 8.32. The number of fused-ring (bicyclic) bond motifs is 3. The van der Waals surface area contributed by atoms with Crippen LogP contribution in [0, 0.1) is 22.7 Å². The van der Waals surface area contributed by atoms with E-state index in [0.717, 1.165) is 49.7 Å². The fourth-order valence-corrected chi connectivity index (χ4v) is 4.78. The third-order valence-electron chi connectivity index (χ3n) is 6.39. The molecule has 0 amide bonds. The molecule has 0 aliphatic rings. The molecule has 2 heterocycles. The van der Waals surface area contributed by atoms with Gasteiger partial charge in [-0.3, -0.25) is 4.98 Å². The fourth-order valence-electron chi connectivity index (χ4n) is 4.78. The maximum Gasteiger partial charge on any atom is 0.0998 e. The van der Waals surface area contributed by atoms with Gasteiger partial charge in [-0.2, -0.15) is 10.5 Å². The van der Waals surface area contributed by atoms with Crippen LogP contribution in [0.1, 0.15) is 11.1 Å². The van der Waals surface area contributed by atoms with Crippen molar-refractivity contribution in [1.29, 1.82) is 10.5 Å². The highest BCUT2D eigenvalue weighted by atomic mass is 15.0. The zero-order valence-electron chi connectivity index (χ0n) is 18.7. The Hall–Kier alpha value is -5.19. The van der Waals surface area contributed by atoms with Crippen molar-refractivity contribution in [3.8, 4) is 40.1 Å². The summed E-state index contributed by atoms with van der Waals surface area (Å²) in [5.74, 6) is 0. The summed E-state index contributed by atoms with van der Waals surface area (Å²) in [6.07, 6.45) is 3.49. The normalized spacial score (nSPS) is 10.8. The number of hydrogen-bond acceptors (Lipinski definition) is 3. The molecule has 0 aliphatic heterocycles. The average Bonchev–Trinajstić information content (AvgIpc) is 3.28. The van der Waals surface area contributed by atoms with Crippen LogP contribution in [0.2, 0.25) is 0 Å². The average molecular weight is 447 g/mol. The molecule has 0 spiro atoms. The highest BCUT2D eigenvalue weighted by Gasteiger charge is 2.17. The molecule has 35 heavy (non-hydrogen) atoms. The lowest BCUT2D eigenvalue weighted by Crippen LogP contribution is -1.97. The van der Waals surface area contributed by atoms with E-state index in [1.54, 1.807) is 12.4 Å². The lowest BCUT2D eigenvalue weighted by Gasteiger charge is -2.14. The molecule has 4 aromatic carbocycles. The maximum atomic E-state index is 9.78. The summed E-state index contributed by atoms with van der Waals surface area (Å²) in [5, 5.41) is 21.3. The first-order valence-corrected chi connectivity index (χ1v) is 11.3. The fraction of sp³-hybridized carbons (Fsp3) is 0. The van der Waals surface area contributed by atoms with Crippen molar-refractivity contribution >= 4 is 21.8 Å². The van der Waals surface area contributed by atoms with Crippen molar-refractivity contribution in [2.45, 2.75) is 0 Å². The first kappa shape index (κ1) is 20.4. The molecule has 0 saturated carbocycles. The van der Waals surface area contributed by atoms with Gasteiger partial charge in [-0.05, 0) is 59.7 Å². The maximum absolute atomic E-state index is 9.78. The van der Waals surface area contributed by atoms with E-state index in [9.17, 15) is 10.5 Å². The largest absolute Gasteiger partial charge is 0.309 e. The Morgan fingerprint density at radius 1 is 0.629 bits per heavy atom. The third kappa shape index (κ3) is 3.33. The summed E-state index contributed by atoms with van der Waals surface area (Å²) in [4.78, 5) is 4.13. The zero-order valence-corrected chi connectivity index (χ0v) is 18.7. The molecule has 6 aromatic rings. The van der Waals surface area contributed by atoms with Crippen LogP contribution in [-0.4, -0.2) is 9.55 Å². The van der Waals surface area contributed by atoms with Crippen molar-refractivity contribution in [3.63, 3.8) is 0 Å². The van der Waals surface area contributed by atoms with E-state index in [-0.39, 0.29) is 0 Å². The molecule has 0 unspecified atom stereocenters. The van der Waals surface area contributed by atoms with Crippen molar-refractivity contribution in [1.82, 2.24) is 9.55 Å². The Kier molecular flexibility index (Phi) is 4.84. The minimum atomic E-state index is 0.619. The number of pyridine rings is 1. The Morgan fingerprint density at radius 3 is 2.14 bits per heavy atom. The molecule has 4 nitrogen and oxygen atoms in total. The molecule has 162 valence electrons. The lowest BCUT2D eigenvalue weighted by molar-refractivity contribution is 1.18. The van der Waals surface area contributed by atoms with Crippen molar-refractivity contribution < 1.29 is 0 Å². The number of benzene rings is 4. The molecule has 0 saturated heterocycles. The third-order valence-corrected chi connectivity index (χ3v) is 6.39. The quantitative estimate of drug-likeness (QED) is 0.287. The van der Waals surface area contributed by atoms with Crippen LogP contribution >= 0.6 is 0 Å². The SMILES string of the molecule is N#Cc1ccc(-c2cccc3c4ccccc4n(-c4ccc(C#N)c(-c5ccncc5)c4)c23)cc1. The summed E-state index contributed by atoms with van der Waals surface area (Å²) in [7, 11) is 0. The molecule has 2 aromatic heterocycles. The smallest absolute Gasteiger partial charge is 0.0998 e. The van der Waals surface area contributed by atoms with E-state index in [2.05, 4.69) is 64.2 Å². The van der Waals surface area contributed by atoms with E-state index >= 15 is 0 Å². The highest BCUT2D eigenvalue weighted by molar-refractivity contribution is 6.13. The van der Waals surface area contributed by atoms with Gasteiger partial charge in [-0.25, -0.2) is 0 Å². The predicted molar refractivity (Wildman–Crippen MR) is 139 cm³/mol. The molecular formula is C31H18N4. The second-order valence-corrected chi connectivity index (χ2v) is 8.32. The van der Waals surface area contributed by atoms with Gasteiger partial charge in [0.1, 0.15) is 0 Å². The molecule has 0 aliphatic carbocycles. The van der Waals surface area contributed by atoms with Crippen molar-refractivity contribution in [3.05, 3.63) is 121 Å². The Balaban J connectivity index is 1.69.